The molecule has 0 bridgehead atoms. The Labute approximate surface area is 74.4 Å². The van der Waals surface area contributed by atoms with Gasteiger partial charge in [0, 0.05) is 12.8 Å². The Balaban J connectivity index is 2.84. The van der Waals surface area contributed by atoms with Crippen LogP contribution in [-0.4, -0.2) is 22.9 Å². The van der Waals surface area contributed by atoms with Crippen molar-refractivity contribution in [3.05, 3.63) is 0 Å². The van der Waals surface area contributed by atoms with Crippen molar-refractivity contribution in [3.8, 4) is 0 Å². The number of hydrogen-bond donors (Lipinski definition) is 0. The van der Waals surface area contributed by atoms with Crippen LogP contribution in [0.2, 0.25) is 0 Å². The van der Waals surface area contributed by atoms with Gasteiger partial charge in [-0.2, -0.15) is 11.8 Å². The molecule has 10 heavy (non-hydrogen) atoms. The maximum Gasteiger partial charge on any atom is 0.141 e. The van der Waals surface area contributed by atoms with E-state index in [2.05, 4.69) is 4.33 Å². The van der Waals surface area contributed by atoms with Crippen LogP contribution in [0.1, 0.15) is 18.3 Å². The largest absolute Gasteiger partial charge is 0.672 e. The van der Waals surface area contributed by atoms with Crippen molar-refractivity contribution in [1.29, 1.82) is 0 Å². The quantitative estimate of drug-likeness (QED) is 0.335. The van der Waals surface area contributed by atoms with Crippen LogP contribution in [0.5, 0.6) is 0 Å². The van der Waals surface area contributed by atoms with Gasteiger partial charge in [-0.25, -0.2) is 4.33 Å². The van der Waals surface area contributed by atoms with Crippen LogP contribution in [0.3, 0.4) is 0 Å². The summed E-state index contributed by atoms with van der Waals surface area (Å²) in [6.45, 7) is 0. The van der Waals surface area contributed by atoms with Gasteiger partial charge in [0.05, 0.1) is 5.48 Å². The molecule has 0 aromatic heterocycles. The molecule has 1 rings (SSSR count). The average Bonchev–Trinajstić information content (AvgIpc) is 2.01. The van der Waals surface area contributed by atoms with E-state index in [1.54, 1.807) is 0 Å². The lowest BCUT2D eigenvalue weighted by Crippen LogP contribution is -2.23. The molecular formula is C6H12O2S2. The van der Waals surface area contributed by atoms with Gasteiger partial charge in [0.2, 0.25) is 0 Å². The molecule has 0 amide bonds. The molecule has 4 heteroatoms. The van der Waals surface area contributed by atoms with E-state index in [1.165, 1.54) is 11.8 Å². The molecule has 0 spiro atoms. The third kappa shape index (κ3) is 3.14. The fraction of sp³-hybridized carbons (Fsp3) is 1.00. The van der Waals surface area contributed by atoms with Gasteiger partial charge in [-0.05, 0) is 11.5 Å². The molecule has 1 saturated heterocycles. The summed E-state index contributed by atoms with van der Waals surface area (Å²) in [6.07, 6.45) is 0.338. The number of rotatable bonds is 1. The molecule has 0 radical (unpaired) electrons. The molecule has 1 aliphatic rings. The summed E-state index contributed by atoms with van der Waals surface area (Å²) in [7, 11) is 0. The van der Waals surface area contributed by atoms with Crippen LogP contribution in [0.25, 0.3) is 0 Å². The SMILES string of the molecule is [2H]C1([2H])CCSCCC([2H])([2H])[S+]1O[O-]. The van der Waals surface area contributed by atoms with E-state index in [-0.39, 0.29) is 12.8 Å². The molecule has 0 aromatic rings. The minimum Gasteiger partial charge on any atom is -0.672 e. The highest BCUT2D eigenvalue weighted by Gasteiger charge is 2.17. The minimum atomic E-state index is -1.85. The van der Waals surface area contributed by atoms with Crippen LogP contribution in [0.4, 0.5) is 0 Å². The molecule has 1 heterocycles. The van der Waals surface area contributed by atoms with Crippen LogP contribution in [-0.2, 0) is 15.5 Å². The lowest BCUT2D eigenvalue weighted by molar-refractivity contribution is -0.632. The van der Waals surface area contributed by atoms with E-state index in [0.29, 0.717) is 11.5 Å². The maximum absolute atomic E-state index is 10.4. The Bertz CT molecular complexity index is 184. The zero-order valence-corrected chi connectivity index (χ0v) is 7.09. The Morgan fingerprint density at radius 3 is 2.50 bits per heavy atom. The first kappa shape index (κ1) is 4.60. The highest BCUT2D eigenvalue weighted by molar-refractivity contribution is 7.99. The molecular weight excluding hydrogens is 168 g/mol. The van der Waals surface area contributed by atoms with Crippen molar-refractivity contribution in [2.24, 2.45) is 0 Å². The average molecular weight is 184 g/mol. The highest BCUT2D eigenvalue weighted by atomic mass is 32.2. The molecule has 1 aliphatic heterocycles. The molecule has 0 unspecified atom stereocenters. The summed E-state index contributed by atoms with van der Waals surface area (Å²) in [5.74, 6) is 1.21. The Morgan fingerprint density at radius 2 is 2.00 bits per heavy atom. The van der Waals surface area contributed by atoms with E-state index in [1.807, 2.05) is 0 Å². The van der Waals surface area contributed by atoms with Gasteiger partial charge in [0.1, 0.15) is 22.6 Å². The number of thioether (sulfide) groups is 1. The second-order valence-corrected chi connectivity index (χ2v) is 4.21. The fourth-order valence-corrected chi connectivity index (χ4v) is 2.34. The van der Waals surface area contributed by atoms with Crippen molar-refractivity contribution in [1.82, 2.24) is 0 Å². The predicted molar refractivity (Wildman–Crippen MR) is 44.7 cm³/mol. The fourth-order valence-electron chi connectivity index (χ4n) is 0.614. The predicted octanol–water partition coefficient (Wildman–Crippen LogP) is 0.339. The summed E-state index contributed by atoms with van der Waals surface area (Å²) < 4.78 is 34.1. The minimum absolute atomic E-state index is 0.169. The first-order valence-electron chi connectivity index (χ1n) is 5.03. The summed E-state index contributed by atoms with van der Waals surface area (Å²) in [4.78, 5) is 0. The van der Waals surface area contributed by atoms with Crippen LogP contribution >= 0.6 is 11.8 Å². The van der Waals surface area contributed by atoms with Crippen molar-refractivity contribution in [3.63, 3.8) is 0 Å². The maximum atomic E-state index is 10.4. The summed E-state index contributed by atoms with van der Waals surface area (Å²) in [5.41, 5.74) is -3.70. The van der Waals surface area contributed by atoms with Crippen LogP contribution in [0.15, 0.2) is 0 Å². The third-order valence-electron chi connectivity index (χ3n) is 1.03. The smallest absolute Gasteiger partial charge is 0.141 e. The summed E-state index contributed by atoms with van der Waals surface area (Å²) in [5, 5.41) is 10.4. The number of hydrogen-bond acceptors (Lipinski definition) is 3. The molecule has 60 valence electrons. The van der Waals surface area contributed by atoms with E-state index in [0.717, 1.165) is 0 Å². The normalized spacial score (nSPS) is 39.7. The molecule has 0 atom stereocenters. The summed E-state index contributed by atoms with van der Waals surface area (Å²) >= 11 is -0.290. The van der Waals surface area contributed by atoms with Gasteiger partial charge in [-0.3, -0.25) is 0 Å². The van der Waals surface area contributed by atoms with Crippen molar-refractivity contribution >= 4 is 22.9 Å². The highest BCUT2D eigenvalue weighted by Crippen LogP contribution is 2.13. The van der Waals surface area contributed by atoms with Crippen LogP contribution in [0, 0.1) is 0 Å². The topological polar surface area (TPSA) is 32.3 Å². The lowest BCUT2D eigenvalue weighted by Gasteiger charge is -2.11. The molecule has 0 aliphatic carbocycles. The van der Waals surface area contributed by atoms with Gasteiger partial charge < -0.3 is 5.26 Å². The van der Waals surface area contributed by atoms with E-state index in [4.69, 9.17) is 5.48 Å². The second kappa shape index (κ2) is 5.29. The Morgan fingerprint density at radius 1 is 1.40 bits per heavy atom. The molecule has 2 nitrogen and oxygen atoms in total. The van der Waals surface area contributed by atoms with Gasteiger partial charge in [-0.1, -0.05) is 0 Å². The van der Waals surface area contributed by atoms with E-state index >= 15 is 0 Å². The van der Waals surface area contributed by atoms with Gasteiger partial charge in [0.25, 0.3) is 0 Å². The van der Waals surface area contributed by atoms with Gasteiger partial charge in [0.15, 0.2) is 0 Å². The van der Waals surface area contributed by atoms with E-state index < -0.39 is 22.6 Å². The Kier molecular flexibility index (Phi) is 2.43. The molecule has 0 aromatic carbocycles. The first-order chi connectivity index (χ1) is 6.40. The van der Waals surface area contributed by atoms with Gasteiger partial charge >= 0.3 is 0 Å². The lowest BCUT2D eigenvalue weighted by atomic mass is 10.5. The monoisotopic (exact) mass is 184 g/mol. The zero-order chi connectivity index (χ0) is 10.8. The summed E-state index contributed by atoms with van der Waals surface area (Å²) in [6, 6.07) is 0. The zero-order valence-electron chi connectivity index (χ0n) is 9.46. The molecule has 1 fully saturated rings. The Hall–Kier alpha value is 0.620. The first-order valence-corrected chi connectivity index (χ1v) is 5.33. The van der Waals surface area contributed by atoms with Gasteiger partial charge in [-0.15, -0.1) is 0 Å². The second-order valence-electron chi connectivity index (χ2n) is 1.74. The van der Waals surface area contributed by atoms with Crippen molar-refractivity contribution in [2.75, 3.05) is 22.9 Å². The molecule has 0 N–H and O–H groups in total. The van der Waals surface area contributed by atoms with Crippen molar-refractivity contribution in [2.45, 2.75) is 12.8 Å². The standard InChI is InChI=1S/C6H12O2S2/c7-8-10-5-1-3-9-4-2-6-10/h1-6H2/i5D2,6D2. The van der Waals surface area contributed by atoms with Crippen LogP contribution < -0.4 is 5.26 Å². The molecule has 0 saturated carbocycles. The van der Waals surface area contributed by atoms with Crippen molar-refractivity contribution < 1.29 is 15.1 Å². The third-order valence-corrected chi connectivity index (χ3v) is 3.08. The van der Waals surface area contributed by atoms with E-state index in [9.17, 15) is 5.26 Å².